The van der Waals surface area contributed by atoms with Gasteiger partial charge in [-0.05, 0) is 40.0 Å². The van der Waals surface area contributed by atoms with Crippen molar-refractivity contribution in [3.8, 4) is 0 Å². The van der Waals surface area contributed by atoms with E-state index in [9.17, 15) is 23.1 Å². The van der Waals surface area contributed by atoms with Crippen molar-refractivity contribution >= 4 is 21.9 Å². The lowest BCUT2D eigenvalue weighted by atomic mass is 9.81. The topological polar surface area (TPSA) is 110 Å². The molecule has 130 valence electrons. The second-order valence-electron chi connectivity index (χ2n) is 6.53. The number of alkyl carbamates (subject to hydrolysis) is 1. The van der Waals surface area contributed by atoms with Gasteiger partial charge < -0.3 is 15.2 Å². The molecule has 1 atom stereocenters. The summed E-state index contributed by atoms with van der Waals surface area (Å²) >= 11 is 0. The predicted molar refractivity (Wildman–Crippen MR) is 83.5 cm³/mol. The summed E-state index contributed by atoms with van der Waals surface area (Å²) in [6, 6.07) is 0. The van der Waals surface area contributed by atoms with Crippen molar-refractivity contribution in [1.82, 2.24) is 5.32 Å². The van der Waals surface area contributed by atoms with Gasteiger partial charge >= 0.3 is 12.1 Å². The molecular formula is C14H27NO6S. The van der Waals surface area contributed by atoms with Gasteiger partial charge in [-0.25, -0.2) is 13.2 Å². The molecule has 0 aliphatic carbocycles. The standard InChI is InChI=1S/C14H27NO6S/c1-6-14(11(16)17,8-7-9-22(5,19)20)10-15-12(18)21-13(2,3)4/h6-10H2,1-5H3,(H,15,18)(H,16,17). The maximum atomic E-state index is 11.7. The lowest BCUT2D eigenvalue weighted by Crippen LogP contribution is -2.44. The highest BCUT2D eigenvalue weighted by Crippen LogP contribution is 2.28. The molecule has 0 rings (SSSR count). The predicted octanol–water partition coefficient (Wildman–Crippen LogP) is 1.82. The number of carboxylic acid groups (broad SMARTS) is 1. The second-order valence-corrected chi connectivity index (χ2v) is 8.79. The average molecular weight is 337 g/mol. The molecule has 0 aliphatic heterocycles. The number of hydrogen-bond donors (Lipinski definition) is 2. The summed E-state index contributed by atoms with van der Waals surface area (Å²) in [5, 5.41) is 11.9. The van der Waals surface area contributed by atoms with Crippen LogP contribution >= 0.6 is 0 Å². The summed E-state index contributed by atoms with van der Waals surface area (Å²) in [6.45, 7) is 6.73. The smallest absolute Gasteiger partial charge is 0.407 e. The van der Waals surface area contributed by atoms with Crippen molar-refractivity contribution in [1.29, 1.82) is 0 Å². The van der Waals surface area contributed by atoms with E-state index in [-0.39, 0.29) is 31.6 Å². The van der Waals surface area contributed by atoms with E-state index >= 15 is 0 Å². The van der Waals surface area contributed by atoms with Crippen LogP contribution in [0.2, 0.25) is 0 Å². The molecule has 0 aromatic rings. The number of sulfone groups is 1. The van der Waals surface area contributed by atoms with Crippen molar-refractivity contribution in [3.05, 3.63) is 0 Å². The van der Waals surface area contributed by atoms with Crippen LogP contribution in [0.5, 0.6) is 0 Å². The Kier molecular flexibility index (Phi) is 7.34. The first-order chi connectivity index (χ1) is 9.81. The Balaban J connectivity index is 4.76. The molecule has 2 N–H and O–H groups in total. The number of nitrogens with one attached hydrogen (secondary N) is 1. The lowest BCUT2D eigenvalue weighted by molar-refractivity contribution is -0.149. The van der Waals surface area contributed by atoms with E-state index in [0.29, 0.717) is 0 Å². The molecule has 0 saturated heterocycles. The van der Waals surface area contributed by atoms with Gasteiger partial charge in [-0.1, -0.05) is 6.92 Å². The highest BCUT2D eigenvalue weighted by atomic mass is 32.2. The van der Waals surface area contributed by atoms with Crippen LogP contribution in [0, 0.1) is 5.41 Å². The molecular weight excluding hydrogens is 310 g/mol. The average Bonchev–Trinajstić information content (AvgIpc) is 2.29. The van der Waals surface area contributed by atoms with Gasteiger partial charge in [-0.2, -0.15) is 0 Å². The zero-order valence-electron chi connectivity index (χ0n) is 13.9. The third kappa shape index (κ3) is 8.21. The molecule has 0 saturated carbocycles. The van der Waals surface area contributed by atoms with Crippen LogP contribution in [0.15, 0.2) is 0 Å². The normalized spacial score (nSPS) is 15.0. The summed E-state index contributed by atoms with van der Waals surface area (Å²) in [5.74, 6) is -1.13. The van der Waals surface area contributed by atoms with Crippen LogP contribution < -0.4 is 5.32 Å². The molecule has 0 fully saturated rings. The third-order valence-electron chi connectivity index (χ3n) is 3.27. The molecule has 7 nitrogen and oxygen atoms in total. The minimum Gasteiger partial charge on any atom is -0.481 e. The van der Waals surface area contributed by atoms with Crippen LogP contribution in [0.25, 0.3) is 0 Å². The van der Waals surface area contributed by atoms with E-state index < -0.39 is 32.9 Å². The first kappa shape index (κ1) is 20.7. The Bertz CT molecular complexity index is 494. The van der Waals surface area contributed by atoms with E-state index in [1.807, 2.05) is 0 Å². The minimum absolute atomic E-state index is 0.0749. The highest BCUT2D eigenvalue weighted by molar-refractivity contribution is 7.90. The summed E-state index contributed by atoms with van der Waals surface area (Å²) < 4.78 is 27.4. The zero-order chi connectivity index (χ0) is 17.6. The fourth-order valence-electron chi connectivity index (χ4n) is 1.95. The van der Waals surface area contributed by atoms with Crippen molar-refractivity contribution in [2.24, 2.45) is 5.41 Å². The van der Waals surface area contributed by atoms with E-state index in [4.69, 9.17) is 4.74 Å². The van der Waals surface area contributed by atoms with Gasteiger partial charge in [0, 0.05) is 18.6 Å². The zero-order valence-corrected chi connectivity index (χ0v) is 14.7. The summed E-state index contributed by atoms with van der Waals surface area (Å²) in [7, 11) is -3.14. The third-order valence-corrected chi connectivity index (χ3v) is 4.30. The number of hydrogen-bond acceptors (Lipinski definition) is 5. The number of aliphatic carboxylic acids is 1. The number of amides is 1. The van der Waals surface area contributed by atoms with Crippen molar-refractivity contribution in [2.75, 3.05) is 18.6 Å². The Morgan fingerprint density at radius 2 is 1.77 bits per heavy atom. The van der Waals surface area contributed by atoms with Gasteiger partial charge in [0.1, 0.15) is 15.4 Å². The van der Waals surface area contributed by atoms with Gasteiger partial charge in [0.15, 0.2) is 0 Å². The maximum Gasteiger partial charge on any atom is 0.407 e. The quantitative estimate of drug-likeness (QED) is 0.699. The second kappa shape index (κ2) is 7.80. The Labute approximate surface area is 132 Å². The van der Waals surface area contributed by atoms with E-state index in [2.05, 4.69) is 5.32 Å². The fraction of sp³-hybridized carbons (Fsp3) is 0.857. The van der Waals surface area contributed by atoms with Crippen LogP contribution in [0.3, 0.4) is 0 Å². The molecule has 0 radical (unpaired) electrons. The molecule has 0 aliphatic rings. The number of carbonyl (C=O) groups excluding carboxylic acids is 1. The monoisotopic (exact) mass is 337 g/mol. The Morgan fingerprint density at radius 1 is 1.23 bits per heavy atom. The number of ether oxygens (including phenoxy) is 1. The summed E-state index contributed by atoms with van der Waals surface area (Å²) in [5.41, 5.74) is -1.86. The molecule has 0 spiro atoms. The first-order valence-electron chi connectivity index (χ1n) is 7.19. The van der Waals surface area contributed by atoms with E-state index in [1.165, 1.54) is 0 Å². The van der Waals surface area contributed by atoms with Crippen molar-refractivity contribution in [3.63, 3.8) is 0 Å². The minimum atomic E-state index is -3.14. The Hall–Kier alpha value is -1.31. The molecule has 8 heteroatoms. The molecule has 0 aromatic heterocycles. The SMILES string of the molecule is CCC(CCCS(C)(=O)=O)(CNC(=O)OC(C)(C)C)C(=O)O. The van der Waals surface area contributed by atoms with Gasteiger partial charge in [0.05, 0.1) is 5.41 Å². The van der Waals surface area contributed by atoms with E-state index in [0.717, 1.165) is 6.26 Å². The lowest BCUT2D eigenvalue weighted by Gasteiger charge is -2.29. The van der Waals surface area contributed by atoms with Gasteiger partial charge in [0.2, 0.25) is 0 Å². The Morgan fingerprint density at radius 3 is 2.14 bits per heavy atom. The van der Waals surface area contributed by atoms with Crippen LogP contribution in [-0.2, 0) is 19.4 Å². The highest BCUT2D eigenvalue weighted by Gasteiger charge is 2.37. The van der Waals surface area contributed by atoms with Gasteiger partial charge in [0.25, 0.3) is 0 Å². The van der Waals surface area contributed by atoms with Crippen molar-refractivity contribution in [2.45, 2.75) is 52.6 Å². The molecule has 0 bridgehead atoms. The maximum absolute atomic E-state index is 11.7. The van der Waals surface area contributed by atoms with Crippen LogP contribution in [-0.4, -0.2) is 49.7 Å². The fourth-order valence-corrected chi connectivity index (χ4v) is 2.62. The summed E-state index contributed by atoms with van der Waals surface area (Å²) in [6.07, 6.45) is 1.11. The van der Waals surface area contributed by atoms with Crippen molar-refractivity contribution < 1.29 is 27.9 Å². The molecule has 0 heterocycles. The number of carboxylic acids is 1. The van der Waals surface area contributed by atoms with Gasteiger partial charge in [-0.3, -0.25) is 4.79 Å². The summed E-state index contributed by atoms with van der Waals surface area (Å²) in [4.78, 5) is 23.2. The molecule has 1 amide bonds. The van der Waals surface area contributed by atoms with Crippen LogP contribution in [0.1, 0.15) is 47.0 Å². The number of rotatable bonds is 8. The van der Waals surface area contributed by atoms with E-state index in [1.54, 1.807) is 27.7 Å². The first-order valence-corrected chi connectivity index (χ1v) is 9.25. The molecule has 0 aromatic carbocycles. The molecule has 22 heavy (non-hydrogen) atoms. The number of carbonyl (C=O) groups is 2. The van der Waals surface area contributed by atoms with Crippen LogP contribution in [0.4, 0.5) is 4.79 Å². The molecule has 1 unspecified atom stereocenters. The largest absolute Gasteiger partial charge is 0.481 e. The van der Waals surface area contributed by atoms with Gasteiger partial charge in [-0.15, -0.1) is 0 Å².